The normalized spacial score (nSPS) is 12.7. The SMILES string of the molecule is c1ccc(-c2cc(-c3cccc(-c4nc5ccccc5c5cc6c(cc45)-c4ccccc4C6(c4ccccc4)c4ccccc4)c3)nc(-c3ccccc3)n2)cc1. The van der Waals surface area contributed by atoms with E-state index >= 15 is 0 Å². The molecule has 0 spiro atoms. The molecule has 0 amide bonds. The van der Waals surface area contributed by atoms with Crippen LogP contribution in [0.5, 0.6) is 0 Å². The van der Waals surface area contributed by atoms with Gasteiger partial charge in [-0.15, -0.1) is 0 Å². The first kappa shape index (κ1) is 32.9. The molecule has 57 heavy (non-hydrogen) atoms. The number of rotatable bonds is 6. The summed E-state index contributed by atoms with van der Waals surface area (Å²) in [5, 5.41) is 3.44. The fraction of sp³-hybridized carbons (Fsp3) is 0.0185. The molecule has 0 unspecified atom stereocenters. The molecule has 10 aromatic rings. The molecule has 0 aliphatic heterocycles. The highest BCUT2D eigenvalue weighted by Gasteiger charge is 2.46. The molecule has 0 atom stereocenters. The van der Waals surface area contributed by atoms with Crippen molar-refractivity contribution in [2.45, 2.75) is 5.41 Å². The Bertz CT molecular complexity index is 3010. The van der Waals surface area contributed by atoms with Crippen molar-refractivity contribution in [3.8, 4) is 56.3 Å². The van der Waals surface area contributed by atoms with Crippen LogP contribution in [0.15, 0.2) is 212 Å². The molecule has 3 heteroatoms. The van der Waals surface area contributed by atoms with Crippen LogP contribution in [0.1, 0.15) is 22.3 Å². The van der Waals surface area contributed by atoms with Gasteiger partial charge in [0.15, 0.2) is 5.82 Å². The minimum absolute atomic E-state index is 0.493. The predicted molar refractivity (Wildman–Crippen MR) is 234 cm³/mol. The zero-order chi connectivity index (χ0) is 37.8. The average Bonchev–Trinajstić information content (AvgIpc) is 3.59. The number of hydrogen-bond donors (Lipinski definition) is 0. The zero-order valence-electron chi connectivity index (χ0n) is 31.0. The van der Waals surface area contributed by atoms with E-state index in [2.05, 4.69) is 188 Å². The smallest absolute Gasteiger partial charge is 0.160 e. The number of para-hydroxylation sites is 1. The molecule has 266 valence electrons. The maximum absolute atomic E-state index is 5.44. The molecule has 3 nitrogen and oxygen atoms in total. The third kappa shape index (κ3) is 5.32. The quantitative estimate of drug-likeness (QED) is 0.160. The number of pyridine rings is 1. The number of benzene rings is 8. The summed E-state index contributed by atoms with van der Waals surface area (Å²) in [6, 6.07) is 75.7. The van der Waals surface area contributed by atoms with Crippen LogP contribution in [0.25, 0.3) is 78.0 Å². The van der Waals surface area contributed by atoms with Crippen LogP contribution in [0.4, 0.5) is 0 Å². The second-order valence-electron chi connectivity index (χ2n) is 14.7. The van der Waals surface area contributed by atoms with Crippen molar-refractivity contribution in [1.29, 1.82) is 0 Å². The van der Waals surface area contributed by atoms with Gasteiger partial charge in [-0.1, -0.05) is 182 Å². The van der Waals surface area contributed by atoms with Crippen molar-refractivity contribution in [3.05, 3.63) is 235 Å². The number of fused-ring (bicyclic) bond motifs is 6. The fourth-order valence-corrected chi connectivity index (χ4v) is 9.00. The molecule has 0 bridgehead atoms. The molecule has 1 aliphatic rings. The van der Waals surface area contributed by atoms with E-state index in [0.29, 0.717) is 5.82 Å². The number of nitrogens with zero attached hydrogens (tertiary/aromatic N) is 3. The average molecular weight is 726 g/mol. The Hall–Kier alpha value is -7.49. The Kier molecular flexibility index (Phi) is 7.71. The van der Waals surface area contributed by atoms with E-state index < -0.39 is 5.41 Å². The molecule has 0 N–H and O–H groups in total. The molecule has 1 aliphatic carbocycles. The van der Waals surface area contributed by atoms with Gasteiger partial charge >= 0.3 is 0 Å². The van der Waals surface area contributed by atoms with Crippen LogP contribution < -0.4 is 0 Å². The molecule has 2 heterocycles. The Morgan fingerprint density at radius 1 is 0.316 bits per heavy atom. The summed E-state index contributed by atoms with van der Waals surface area (Å²) in [6.45, 7) is 0. The zero-order valence-corrected chi connectivity index (χ0v) is 31.0. The predicted octanol–water partition coefficient (Wildman–Crippen LogP) is 13.2. The highest BCUT2D eigenvalue weighted by atomic mass is 14.9. The Morgan fingerprint density at radius 3 is 1.60 bits per heavy atom. The lowest BCUT2D eigenvalue weighted by atomic mass is 9.67. The minimum atomic E-state index is -0.493. The monoisotopic (exact) mass is 725 g/mol. The summed E-state index contributed by atoms with van der Waals surface area (Å²) < 4.78 is 0. The Morgan fingerprint density at radius 2 is 0.877 bits per heavy atom. The van der Waals surface area contributed by atoms with E-state index in [1.165, 1.54) is 38.8 Å². The van der Waals surface area contributed by atoms with E-state index in [0.717, 1.165) is 55.6 Å². The van der Waals surface area contributed by atoms with Crippen molar-refractivity contribution in [1.82, 2.24) is 15.0 Å². The molecule has 2 aromatic heterocycles. The maximum atomic E-state index is 5.44. The van der Waals surface area contributed by atoms with Crippen LogP contribution in [0.3, 0.4) is 0 Å². The van der Waals surface area contributed by atoms with Crippen molar-refractivity contribution in [3.63, 3.8) is 0 Å². The van der Waals surface area contributed by atoms with Crippen LogP contribution in [-0.4, -0.2) is 15.0 Å². The van der Waals surface area contributed by atoms with E-state index in [-0.39, 0.29) is 0 Å². The topological polar surface area (TPSA) is 38.7 Å². The molecule has 0 radical (unpaired) electrons. The van der Waals surface area contributed by atoms with Gasteiger partial charge in [-0.05, 0) is 69.1 Å². The molecular weight excluding hydrogens is 691 g/mol. The van der Waals surface area contributed by atoms with E-state index in [9.17, 15) is 0 Å². The third-order valence-electron chi connectivity index (χ3n) is 11.5. The lowest BCUT2D eigenvalue weighted by Crippen LogP contribution is -2.28. The summed E-state index contributed by atoms with van der Waals surface area (Å²) in [6.07, 6.45) is 0. The second kappa shape index (κ2) is 13.4. The van der Waals surface area contributed by atoms with Crippen molar-refractivity contribution < 1.29 is 0 Å². The highest BCUT2D eigenvalue weighted by molar-refractivity contribution is 6.13. The van der Waals surface area contributed by atoms with Crippen LogP contribution in [0.2, 0.25) is 0 Å². The largest absolute Gasteiger partial charge is 0.247 e. The first-order chi connectivity index (χ1) is 28.3. The van der Waals surface area contributed by atoms with Gasteiger partial charge < -0.3 is 0 Å². The summed E-state index contributed by atoms with van der Waals surface area (Å²) in [7, 11) is 0. The summed E-state index contributed by atoms with van der Waals surface area (Å²) >= 11 is 0. The van der Waals surface area contributed by atoms with Gasteiger partial charge in [0.25, 0.3) is 0 Å². The standard InChI is InChI=1S/C54H35N3/c1-5-18-36(19-6-1)50-35-51(57-53(56-50)37-20-7-2-8-21-37)38-22-17-23-39(32-38)52-46-33-45-42-28-13-15-30-47(42)54(40-24-9-3-10-25-40,41-26-11-4-12-27-41)48(45)34-44(46)43-29-14-16-31-49(43)55-52/h1-35H. The first-order valence-electron chi connectivity index (χ1n) is 19.4. The van der Waals surface area contributed by atoms with Crippen molar-refractivity contribution >= 4 is 21.7 Å². The van der Waals surface area contributed by atoms with Gasteiger partial charge in [0, 0.05) is 33.0 Å². The van der Waals surface area contributed by atoms with Gasteiger partial charge in [0.2, 0.25) is 0 Å². The van der Waals surface area contributed by atoms with Gasteiger partial charge in [0.1, 0.15) is 0 Å². The van der Waals surface area contributed by atoms with Gasteiger partial charge in [-0.3, -0.25) is 0 Å². The molecule has 0 saturated carbocycles. The maximum Gasteiger partial charge on any atom is 0.160 e. The third-order valence-corrected chi connectivity index (χ3v) is 11.5. The van der Waals surface area contributed by atoms with Crippen molar-refractivity contribution in [2.75, 3.05) is 0 Å². The van der Waals surface area contributed by atoms with Crippen molar-refractivity contribution in [2.24, 2.45) is 0 Å². The van der Waals surface area contributed by atoms with E-state index in [4.69, 9.17) is 15.0 Å². The summed E-state index contributed by atoms with van der Waals surface area (Å²) in [4.78, 5) is 15.6. The van der Waals surface area contributed by atoms with Gasteiger partial charge in [0.05, 0.1) is 28.0 Å². The first-order valence-corrected chi connectivity index (χ1v) is 19.4. The second-order valence-corrected chi connectivity index (χ2v) is 14.7. The van der Waals surface area contributed by atoms with Crippen LogP contribution in [-0.2, 0) is 5.41 Å². The molecule has 11 rings (SSSR count). The van der Waals surface area contributed by atoms with E-state index in [1.54, 1.807) is 0 Å². The Labute approximate surface area is 331 Å². The summed E-state index contributed by atoms with van der Waals surface area (Å²) in [5.74, 6) is 0.696. The number of hydrogen-bond acceptors (Lipinski definition) is 3. The lowest BCUT2D eigenvalue weighted by molar-refractivity contribution is 0.769. The Balaban J connectivity index is 1.16. The minimum Gasteiger partial charge on any atom is -0.247 e. The van der Waals surface area contributed by atoms with Gasteiger partial charge in [-0.25, -0.2) is 15.0 Å². The highest BCUT2D eigenvalue weighted by Crippen LogP contribution is 2.57. The van der Waals surface area contributed by atoms with E-state index in [1.807, 2.05) is 24.3 Å². The molecule has 8 aromatic carbocycles. The van der Waals surface area contributed by atoms with Gasteiger partial charge in [-0.2, -0.15) is 0 Å². The molecular formula is C54H35N3. The summed E-state index contributed by atoms with van der Waals surface area (Å²) in [5.41, 5.74) is 14.8. The fourth-order valence-electron chi connectivity index (χ4n) is 9.00. The van der Waals surface area contributed by atoms with Crippen LogP contribution in [0, 0.1) is 0 Å². The van der Waals surface area contributed by atoms with Crippen LogP contribution >= 0.6 is 0 Å². The molecule has 0 fully saturated rings. The number of aromatic nitrogens is 3. The lowest BCUT2D eigenvalue weighted by Gasteiger charge is -2.34. The molecule has 0 saturated heterocycles.